The maximum atomic E-state index is 11.4. The topological polar surface area (TPSA) is 50.4 Å². The fourth-order valence-corrected chi connectivity index (χ4v) is 2.14. The number of carbonyl (C=O) groups excluding carboxylic acids is 1. The third kappa shape index (κ3) is 2.90. The minimum Gasteiger partial charge on any atom is -0.468 e. The van der Waals surface area contributed by atoms with E-state index in [9.17, 15) is 4.79 Å². The van der Waals surface area contributed by atoms with Gasteiger partial charge in [-0.2, -0.15) is 0 Å². The van der Waals surface area contributed by atoms with Gasteiger partial charge in [0.1, 0.15) is 6.04 Å². The maximum Gasteiger partial charge on any atom is 0.322 e. The van der Waals surface area contributed by atoms with Crippen molar-refractivity contribution in [2.45, 2.75) is 18.5 Å². The van der Waals surface area contributed by atoms with E-state index >= 15 is 0 Å². The molecule has 1 saturated heterocycles. The number of nitrogens with one attached hydrogen (secondary N) is 2. The van der Waals surface area contributed by atoms with E-state index in [0.29, 0.717) is 0 Å². The standard InChI is InChI=1S/C14H18N2O2/c1-10(11-6-4-3-5-7-11)16-12-8-13(15-9-12)14(17)18-2/h3-7,12-13,15-16H,1,8-9H2,2H3/t12-,13-/m0/s1. The smallest absolute Gasteiger partial charge is 0.322 e. The van der Waals surface area contributed by atoms with Gasteiger partial charge in [-0.05, 0) is 12.0 Å². The number of carbonyl (C=O) groups is 1. The Morgan fingerprint density at radius 3 is 2.83 bits per heavy atom. The van der Waals surface area contributed by atoms with Gasteiger partial charge in [0.15, 0.2) is 0 Å². The highest BCUT2D eigenvalue weighted by Gasteiger charge is 2.30. The van der Waals surface area contributed by atoms with Crippen molar-refractivity contribution in [3.05, 3.63) is 42.5 Å². The highest BCUT2D eigenvalue weighted by molar-refractivity contribution is 5.76. The van der Waals surface area contributed by atoms with Crippen molar-refractivity contribution in [2.24, 2.45) is 0 Å². The van der Waals surface area contributed by atoms with E-state index in [1.807, 2.05) is 30.3 Å². The third-order valence-electron chi connectivity index (χ3n) is 3.12. The van der Waals surface area contributed by atoms with E-state index in [-0.39, 0.29) is 18.1 Å². The zero-order chi connectivity index (χ0) is 13.0. The molecule has 1 aliphatic heterocycles. The molecular formula is C14H18N2O2. The zero-order valence-corrected chi connectivity index (χ0v) is 10.5. The summed E-state index contributed by atoms with van der Waals surface area (Å²) in [4.78, 5) is 11.4. The van der Waals surface area contributed by atoms with Gasteiger partial charge in [-0.3, -0.25) is 4.79 Å². The molecule has 2 atom stereocenters. The second-order valence-electron chi connectivity index (χ2n) is 4.41. The highest BCUT2D eigenvalue weighted by Crippen LogP contribution is 2.14. The summed E-state index contributed by atoms with van der Waals surface area (Å²) in [6.07, 6.45) is 0.721. The summed E-state index contributed by atoms with van der Waals surface area (Å²) in [6, 6.07) is 9.95. The van der Waals surface area contributed by atoms with Gasteiger partial charge in [-0.25, -0.2) is 0 Å². The molecule has 96 valence electrons. The number of hydrogen-bond donors (Lipinski definition) is 2. The van der Waals surface area contributed by atoms with Crippen LogP contribution in [0.1, 0.15) is 12.0 Å². The Balaban J connectivity index is 1.89. The summed E-state index contributed by atoms with van der Waals surface area (Å²) in [5.74, 6) is -0.204. The van der Waals surface area contributed by atoms with Gasteiger partial charge < -0.3 is 15.4 Å². The molecule has 0 amide bonds. The zero-order valence-electron chi connectivity index (χ0n) is 10.5. The summed E-state index contributed by atoms with van der Waals surface area (Å²) < 4.78 is 4.72. The maximum absolute atomic E-state index is 11.4. The quantitative estimate of drug-likeness (QED) is 0.783. The molecule has 0 aliphatic carbocycles. The SMILES string of the molecule is C=C(N[C@@H]1CN[C@H](C(=O)OC)C1)c1ccccc1. The van der Waals surface area contributed by atoms with Crippen LogP contribution in [0.15, 0.2) is 36.9 Å². The van der Waals surface area contributed by atoms with Gasteiger partial charge in [0.25, 0.3) is 0 Å². The van der Waals surface area contributed by atoms with Crippen molar-refractivity contribution >= 4 is 11.7 Å². The molecule has 4 nitrogen and oxygen atoms in total. The summed E-state index contributed by atoms with van der Waals surface area (Å²) in [5, 5.41) is 6.48. The van der Waals surface area contributed by atoms with Crippen LogP contribution in [-0.4, -0.2) is 31.7 Å². The van der Waals surface area contributed by atoms with Gasteiger partial charge in [-0.15, -0.1) is 0 Å². The summed E-state index contributed by atoms with van der Waals surface area (Å²) in [6.45, 7) is 4.77. The number of rotatable bonds is 4. The molecule has 18 heavy (non-hydrogen) atoms. The highest BCUT2D eigenvalue weighted by atomic mass is 16.5. The third-order valence-corrected chi connectivity index (χ3v) is 3.12. The molecule has 1 aliphatic rings. The van der Waals surface area contributed by atoms with Crippen LogP contribution in [0.5, 0.6) is 0 Å². The lowest BCUT2D eigenvalue weighted by atomic mass is 10.1. The molecular weight excluding hydrogens is 228 g/mol. The number of benzene rings is 1. The van der Waals surface area contributed by atoms with Crippen molar-refractivity contribution < 1.29 is 9.53 Å². The number of hydrogen-bond acceptors (Lipinski definition) is 4. The molecule has 1 fully saturated rings. The van der Waals surface area contributed by atoms with Gasteiger partial charge in [-0.1, -0.05) is 36.9 Å². The fourth-order valence-electron chi connectivity index (χ4n) is 2.14. The minimum absolute atomic E-state index is 0.204. The molecule has 0 unspecified atom stereocenters. The largest absolute Gasteiger partial charge is 0.468 e. The lowest BCUT2D eigenvalue weighted by Gasteiger charge is -2.15. The van der Waals surface area contributed by atoms with Gasteiger partial charge in [0.2, 0.25) is 0 Å². The van der Waals surface area contributed by atoms with Crippen molar-refractivity contribution in [1.82, 2.24) is 10.6 Å². The molecule has 1 heterocycles. The molecule has 0 spiro atoms. The molecule has 1 aromatic carbocycles. The fraction of sp³-hybridized carbons (Fsp3) is 0.357. The van der Waals surface area contributed by atoms with E-state index in [1.54, 1.807) is 0 Å². The average Bonchev–Trinajstić information content (AvgIpc) is 2.87. The summed E-state index contributed by atoms with van der Waals surface area (Å²) in [7, 11) is 1.41. The Morgan fingerprint density at radius 1 is 1.44 bits per heavy atom. The second kappa shape index (κ2) is 5.69. The van der Waals surface area contributed by atoms with Crippen LogP contribution in [0.4, 0.5) is 0 Å². The van der Waals surface area contributed by atoms with Crippen LogP contribution in [0.3, 0.4) is 0 Å². The van der Waals surface area contributed by atoms with Crippen LogP contribution in [0.2, 0.25) is 0 Å². The Labute approximate surface area is 107 Å². The Morgan fingerprint density at radius 2 is 2.17 bits per heavy atom. The Kier molecular flexibility index (Phi) is 3.99. The first-order chi connectivity index (χ1) is 8.70. The molecule has 0 bridgehead atoms. The number of esters is 1. The molecule has 0 saturated carbocycles. The molecule has 0 radical (unpaired) electrons. The summed E-state index contributed by atoms with van der Waals surface area (Å²) >= 11 is 0. The van der Waals surface area contributed by atoms with Crippen LogP contribution < -0.4 is 10.6 Å². The first-order valence-corrected chi connectivity index (χ1v) is 6.03. The number of methoxy groups -OCH3 is 1. The summed E-state index contributed by atoms with van der Waals surface area (Å²) in [5.41, 5.74) is 1.95. The monoisotopic (exact) mass is 246 g/mol. The van der Waals surface area contributed by atoms with Gasteiger partial charge in [0, 0.05) is 18.3 Å². The van der Waals surface area contributed by atoms with Crippen LogP contribution in [-0.2, 0) is 9.53 Å². The number of ether oxygens (including phenoxy) is 1. The lowest BCUT2D eigenvalue weighted by Crippen LogP contribution is -2.31. The Bertz CT molecular complexity index is 431. The predicted molar refractivity (Wildman–Crippen MR) is 70.8 cm³/mol. The van der Waals surface area contributed by atoms with E-state index in [4.69, 9.17) is 4.74 Å². The van der Waals surface area contributed by atoms with Crippen LogP contribution in [0.25, 0.3) is 5.70 Å². The van der Waals surface area contributed by atoms with E-state index < -0.39 is 0 Å². The van der Waals surface area contributed by atoms with E-state index in [2.05, 4.69) is 17.2 Å². The molecule has 1 aromatic rings. The van der Waals surface area contributed by atoms with Crippen molar-refractivity contribution in [3.63, 3.8) is 0 Å². The lowest BCUT2D eigenvalue weighted by molar-refractivity contribution is -0.142. The minimum atomic E-state index is -0.212. The molecule has 0 aromatic heterocycles. The van der Waals surface area contributed by atoms with E-state index in [0.717, 1.165) is 24.2 Å². The predicted octanol–water partition coefficient (Wildman–Crippen LogP) is 1.15. The second-order valence-corrected chi connectivity index (χ2v) is 4.41. The van der Waals surface area contributed by atoms with Crippen molar-refractivity contribution in [3.8, 4) is 0 Å². The molecule has 2 rings (SSSR count). The molecule has 2 N–H and O–H groups in total. The van der Waals surface area contributed by atoms with Crippen LogP contribution in [0, 0.1) is 0 Å². The normalized spacial score (nSPS) is 22.5. The van der Waals surface area contributed by atoms with Crippen molar-refractivity contribution in [1.29, 1.82) is 0 Å². The van der Waals surface area contributed by atoms with Gasteiger partial charge >= 0.3 is 5.97 Å². The average molecular weight is 246 g/mol. The van der Waals surface area contributed by atoms with Crippen molar-refractivity contribution in [2.75, 3.05) is 13.7 Å². The Hall–Kier alpha value is -1.81. The first kappa shape index (κ1) is 12.6. The van der Waals surface area contributed by atoms with Gasteiger partial charge in [0.05, 0.1) is 7.11 Å². The van der Waals surface area contributed by atoms with E-state index in [1.165, 1.54) is 7.11 Å². The molecule has 4 heteroatoms. The first-order valence-electron chi connectivity index (χ1n) is 6.03. The van der Waals surface area contributed by atoms with Crippen LogP contribution >= 0.6 is 0 Å².